The lowest BCUT2D eigenvalue weighted by Gasteiger charge is -2.09. The molecule has 8 nitrogen and oxygen atoms in total. The number of esters is 1. The Morgan fingerprint density at radius 3 is 2.76 bits per heavy atom. The fraction of sp³-hybridized carbons (Fsp3) is 0.312. The summed E-state index contributed by atoms with van der Waals surface area (Å²) in [4.78, 5) is 32.1. The number of nitrogens with zero attached hydrogens (tertiary/aromatic N) is 3. The number of carbonyl (C=O) groups excluding carboxylic acids is 2. The van der Waals surface area contributed by atoms with Crippen LogP contribution in [0.25, 0.3) is 0 Å². The van der Waals surface area contributed by atoms with E-state index in [-0.39, 0.29) is 40.8 Å². The Morgan fingerprint density at radius 2 is 2.20 bits per heavy atom. The zero-order valence-electron chi connectivity index (χ0n) is 14.2. The maximum absolute atomic E-state index is 12.1. The second-order valence-corrected chi connectivity index (χ2v) is 5.64. The number of carbonyl (C=O) groups is 2. The maximum atomic E-state index is 12.1. The predicted molar refractivity (Wildman–Crippen MR) is 91.2 cm³/mol. The van der Waals surface area contributed by atoms with Gasteiger partial charge in [-0.3, -0.25) is 4.79 Å². The predicted octanol–water partition coefficient (Wildman–Crippen LogP) is 3.09. The number of hydrogen-bond acceptors (Lipinski definition) is 9. The molecule has 0 aromatic carbocycles. The van der Waals surface area contributed by atoms with E-state index in [1.807, 2.05) is 6.07 Å². The molecule has 130 valence electrons. The zero-order chi connectivity index (χ0) is 18.6. The molecule has 0 saturated carbocycles. The van der Waals surface area contributed by atoms with Gasteiger partial charge in [0, 0.05) is 6.20 Å². The van der Waals surface area contributed by atoms with E-state index in [1.165, 1.54) is 24.9 Å². The van der Waals surface area contributed by atoms with Crippen LogP contribution in [0.1, 0.15) is 45.9 Å². The number of hydrogen-bond donors (Lipinski definition) is 1. The molecule has 2 aromatic rings. The normalized spacial score (nSPS) is 10.2. The van der Waals surface area contributed by atoms with E-state index >= 15 is 0 Å². The first-order chi connectivity index (χ1) is 11.9. The number of aryl methyl sites for hydroxylation is 1. The summed E-state index contributed by atoms with van der Waals surface area (Å²) in [7, 11) is 0. The molecule has 0 atom stereocenters. The Bertz CT molecular complexity index is 870. The second kappa shape index (κ2) is 7.81. The molecule has 2 rings (SSSR count). The van der Waals surface area contributed by atoms with Crippen LogP contribution in [-0.4, -0.2) is 34.6 Å². The highest BCUT2D eigenvalue weighted by atomic mass is 32.2. The molecule has 0 saturated heterocycles. The summed E-state index contributed by atoms with van der Waals surface area (Å²) >= 11 is 1.29. The van der Waals surface area contributed by atoms with Crippen LogP contribution in [0.2, 0.25) is 0 Å². The SMILES string of the molecule is CCOC(=O)c1cnc(SC)nc1Nc1oc(C)c(C(C)=O)c1C#N. The number of ketones is 1. The van der Waals surface area contributed by atoms with Crippen molar-refractivity contribution >= 4 is 35.2 Å². The molecule has 1 N–H and O–H groups in total. The third kappa shape index (κ3) is 3.80. The van der Waals surface area contributed by atoms with Gasteiger partial charge in [-0.2, -0.15) is 5.26 Å². The van der Waals surface area contributed by atoms with Gasteiger partial charge in [0.05, 0.1) is 12.2 Å². The summed E-state index contributed by atoms with van der Waals surface area (Å²) < 4.78 is 10.5. The summed E-state index contributed by atoms with van der Waals surface area (Å²) in [6.07, 6.45) is 3.13. The molecule has 0 aliphatic rings. The van der Waals surface area contributed by atoms with Gasteiger partial charge in [0.15, 0.2) is 16.8 Å². The third-order valence-electron chi connectivity index (χ3n) is 3.22. The summed E-state index contributed by atoms with van der Waals surface area (Å²) in [5.74, 6) is -0.404. The monoisotopic (exact) mass is 360 g/mol. The number of aromatic nitrogens is 2. The van der Waals surface area contributed by atoms with Crippen molar-refractivity contribution in [2.45, 2.75) is 25.9 Å². The quantitative estimate of drug-likeness (QED) is 0.359. The summed E-state index contributed by atoms with van der Waals surface area (Å²) in [5.41, 5.74) is 0.355. The van der Waals surface area contributed by atoms with Gasteiger partial charge in [0.1, 0.15) is 23.0 Å². The fourth-order valence-corrected chi connectivity index (χ4v) is 2.53. The van der Waals surface area contributed by atoms with Gasteiger partial charge in [0.25, 0.3) is 0 Å². The molecule has 0 bridgehead atoms. The van der Waals surface area contributed by atoms with Gasteiger partial charge in [-0.25, -0.2) is 14.8 Å². The molecule has 0 unspecified atom stereocenters. The highest BCUT2D eigenvalue weighted by molar-refractivity contribution is 7.98. The first-order valence-corrected chi connectivity index (χ1v) is 8.54. The molecule has 0 spiro atoms. The number of nitriles is 1. The smallest absolute Gasteiger partial charge is 0.343 e. The summed E-state index contributed by atoms with van der Waals surface area (Å²) in [6.45, 7) is 4.82. The number of nitrogens with one attached hydrogen (secondary N) is 1. The standard InChI is InChI=1S/C16H16N4O4S/c1-5-23-15(22)11-7-18-16(25-4)20-13(11)19-14-10(6-17)12(8(2)21)9(3)24-14/h7H,5H2,1-4H3,(H,18,19,20). The van der Waals surface area contributed by atoms with Gasteiger partial charge < -0.3 is 14.5 Å². The minimum atomic E-state index is -0.605. The van der Waals surface area contributed by atoms with Crippen molar-refractivity contribution in [3.05, 3.63) is 28.6 Å². The van der Waals surface area contributed by atoms with Crippen molar-refractivity contribution in [1.82, 2.24) is 9.97 Å². The van der Waals surface area contributed by atoms with E-state index in [9.17, 15) is 14.9 Å². The average Bonchev–Trinajstić information content (AvgIpc) is 2.90. The van der Waals surface area contributed by atoms with Gasteiger partial charge >= 0.3 is 5.97 Å². The number of furan rings is 1. The van der Waals surface area contributed by atoms with Crippen molar-refractivity contribution in [3.63, 3.8) is 0 Å². The average molecular weight is 360 g/mol. The molecule has 9 heteroatoms. The Hall–Kier alpha value is -2.86. The van der Waals surface area contributed by atoms with Crippen LogP contribution >= 0.6 is 11.8 Å². The van der Waals surface area contributed by atoms with E-state index in [4.69, 9.17) is 9.15 Å². The zero-order valence-corrected chi connectivity index (χ0v) is 15.0. The molecule has 25 heavy (non-hydrogen) atoms. The molecule has 0 amide bonds. The first-order valence-electron chi connectivity index (χ1n) is 7.32. The number of Topliss-reactive ketones (excluding diaryl/α,β-unsaturated/α-hetero) is 1. The van der Waals surface area contributed by atoms with Crippen LogP contribution in [0, 0.1) is 18.3 Å². The first kappa shape index (κ1) is 18.5. The van der Waals surface area contributed by atoms with Crippen molar-refractivity contribution in [2.75, 3.05) is 18.2 Å². The lowest BCUT2D eigenvalue weighted by Crippen LogP contribution is -2.11. The van der Waals surface area contributed by atoms with E-state index in [0.29, 0.717) is 10.9 Å². The van der Waals surface area contributed by atoms with Gasteiger partial charge in [-0.05, 0) is 27.0 Å². The van der Waals surface area contributed by atoms with Crippen LogP contribution in [0.3, 0.4) is 0 Å². The van der Waals surface area contributed by atoms with E-state index in [2.05, 4.69) is 15.3 Å². The molecule has 0 aliphatic carbocycles. The fourth-order valence-electron chi connectivity index (χ4n) is 2.19. The molecule has 0 fully saturated rings. The second-order valence-electron chi connectivity index (χ2n) is 4.87. The highest BCUT2D eigenvalue weighted by Crippen LogP contribution is 2.30. The summed E-state index contributed by atoms with van der Waals surface area (Å²) in [6, 6.07) is 1.95. The Kier molecular flexibility index (Phi) is 5.77. The van der Waals surface area contributed by atoms with Gasteiger partial charge in [0.2, 0.25) is 5.88 Å². The van der Waals surface area contributed by atoms with Crippen molar-refractivity contribution in [3.8, 4) is 6.07 Å². The van der Waals surface area contributed by atoms with Crippen molar-refractivity contribution < 1.29 is 18.7 Å². The molecular formula is C16H16N4O4S. The Balaban J connectivity index is 2.53. The van der Waals surface area contributed by atoms with Gasteiger partial charge in [-0.1, -0.05) is 11.8 Å². The van der Waals surface area contributed by atoms with Crippen LogP contribution < -0.4 is 5.32 Å². The highest BCUT2D eigenvalue weighted by Gasteiger charge is 2.24. The number of ether oxygens (including phenoxy) is 1. The van der Waals surface area contributed by atoms with Crippen LogP contribution in [0.5, 0.6) is 0 Å². The molecule has 2 heterocycles. The lowest BCUT2D eigenvalue weighted by molar-refractivity contribution is 0.0526. The number of thioether (sulfide) groups is 1. The van der Waals surface area contributed by atoms with Crippen LogP contribution in [0.4, 0.5) is 11.7 Å². The molecular weight excluding hydrogens is 344 g/mol. The van der Waals surface area contributed by atoms with Crippen LogP contribution in [-0.2, 0) is 4.74 Å². The number of rotatable bonds is 6. The van der Waals surface area contributed by atoms with Crippen molar-refractivity contribution in [1.29, 1.82) is 5.26 Å². The largest absolute Gasteiger partial charge is 0.462 e. The topological polar surface area (TPSA) is 118 Å². The Morgan fingerprint density at radius 1 is 1.48 bits per heavy atom. The molecule has 0 radical (unpaired) electrons. The van der Waals surface area contributed by atoms with Crippen LogP contribution in [0.15, 0.2) is 15.8 Å². The van der Waals surface area contributed by atoms with E-state index in [0.717, 1.165) is 0 Å². The van der Waals surface area contributed by atoms with Gasteiger partial charge in [-0.15, -0.1) is 0 Å². The summed E-state index contributed by atoms with van der Waals surface area (Å²) in [5, 5.41) is 12.6. The minimum Gasteiger partial charge on any atom is -0.462 e. The maximum Gasteiger partial charge on any atom is 0.343 e. The Labute approximate surface area is 148 Å². The number of anilines is 2. The lowest BCUT2D eigenvalue weighted by atomic mass is 10.1. The minimum absolute atomic E-state index is 0.0431. The van der Waals surface area contributed by atoms with Crippen molar-refractivity contribution in [2.24, 2.45) is 0 Å². The van der Waals surface area contributed by atoms with E-state index in [1.54, 1.807) is 20.1 Å². The molecule has 2 aromatic heterocycles. The van der Waals surface area contributed by atoms with E-state index < -0.39 is 5.97 Å². The molecule has 0 aliphatic heterocycles. The third-order valence-corrected chi connectivity index (χ3v) is 3.79.